The maximum Gasteiger partial charge on any atom is 0.307 e. The largest absolute Gasteiger partial charge is 0.489 e. The molecule has 5 nitrogen and oxygen atoms in total. The molecule has 3 aromatic rings. The highest BCUT2D eigenvalue weighted by Crippen LogP contribution is 2.30. The van der Waals surface area contributed by atoms with Crippen LogP contribution in [-0.4, -0.2) is 17.1 Å². The number of carbonyl (C=O) groups is 1. The number of hydrogen-bond donors (Lipinski definition) is 3. The quantitative estimate of drug-likeness (QED) is 0.408. The number of ether oxygens (including phenoxy) is 1. The number of carboxylic acid groups (broad SMARTS) is 1. The van der Waals surface area contributed by atoms with Gasteiger partial charge in [-0.3, -0.25) is 4.79 Å². The molecule has 0 saturated heterocycles. The van der Waals surface area contributed by atoms with Crippen molar-refractivity contribution in [3.05, 3.63) is 88.7 Å². The molecule has 0 spiro atoms. The predicted octanol–water partition coefficient (Wildman–Crippen LogP) is 4.97. The normalized spacial score (nSPS) is 14.2. The molecule has 4 N–H and O–H groups in total. The molecule has 0 amide bonds. The second-order valence-corrected chi connectivity index (χ2v) is 8.66. The molecule has 0 radical (unpaired) electrons. The number of benzene rings is 3. The molecule has 0 aromatic heterocycles. The molecule has 6 heteroatoms. The number of halogens is 1. The molecule has 4 rings (SSSR count). The van der Waals surface area contributed by atoms with Crippen molar-refractivity contribution in [2.24, 2.45) is 5.73 Å². The zero-order valence-corrected chi connectivity index (χ0v) is 18.7. The Bertz CT molecular complexity index is 1140. The van der Waals surface area contributed by atoms with Gasteiger partial charge in [-0.2, -0.15) is 0 Å². The van der Waals surface area contributed by atoms with Crippen LogP contribution in [-0.2, 0) is 24.4 Å². The summed E-state index contributed by atoms with van der Waals surface area (Å²) in [5.41, 5.74) is 10.3. The van der Waals surface area contributed by atoms with Gasteiger partial charge in [-0.25, -0.2) is 4.39 Å². The van der Waals surface area contributed by atoms with Gasteiger partial charge in [0, 0.05) is 35.3 Å². The van der Waals surface area contributed by atoms with E-state index in [1.165, 1.54) is 12.8 Å². The Labute approximate surface area is 193 Å². The number of rotatable bonds is 10. The molecule has 1 aliphatic rings. The van der Waals surface area contributed by atoms with Crippen LogP contribution < -0.4 is 15.8 Å². The molecule has 0 heterocycles. The standard InChI is InChI=1S/C27H29FN2O3/c1-17(29)23-6-4-7-24(27(23)28)21-12-18(15-30-22-9-10-22)11-19(13-21)16-33-25-8-3-2-5-20(25)14-26(31)32/h2-8,11-13,17,22,30H,9-10,14-16,29H2,1H3,(H,31,32)/t17-/m1/s1. The van der Waals surface area contributed by atoms with Gasteiger partial charge in [0.25, 0.3) is 0 Å². The number of nitrogens with two attached hydrogens (primary N) is 1. The van der Waals surface area contributed by atoms with Gasteiger partial charge in [-0.15, -0.1) is 0 Å². The van der Waals surface area contributed by atoms with Crippen molar-refractivity contribution < 1.29 is 19.0 Å². The summed E-state index contributed by atoms with van der Waals surface area (Å²) >= 11 is 0. The van der Waals surface area contributed by atoms with Crippen LogP contribution in [0.4, 0.5) is 4.39 Å². The van der Waals surface area contributed by atoms with Crippen LogP contribution in [0.1, 0.15) is 48.1 Å². The predicted molar refractivity (Wildman–Crippen MR) is 126 cm³/mol. The topological polar surface area (TPSA) is 84.6 Å². The van der Waals surface area contributed by atoms with E-state index in [0.29, 0.717) is 35.0 Å². The van der Waals surface area contributed by atoms with E-state index in [1.807, 2.05) is 30.3 Å². The van der Waals surface area contributed by atoms with E-state index in [4.69, 9.17) is 15.6 Å². The molecule has 1 aliphatic carbocycles. The van der Waals surface area contributed by atoms with Crippen molar-refractivity contribution >= 4 is 5.97 Å². The summed E-state index contributed by atoms with van der Waals surface area (Å²) in [5.74, 6) is -0.683. The van der Waals surface area contributed by atoms with Gasteiger partial charge in [0.1, 0.15) is 18.2 Å². The summed E-state index contributed by atoms with van der Waals surface area (Å²) in [6, 6.07) is 18.5. The van der Waals surface area contributed by atoms with E-state index < -0.39 is 12.0 Å². The molecule has 1 atom stereocenters. The highest BCUT2D eigenvalue weighted by Gasteiger charge is 2.20. The Hall–Kier alpha value is -3.22. The lowest BCUT2D eigenvalue weighted by Gasteiger charge is -2.15. The fourth-order valence-corrected chi connectivity index (χ4v) is 3.89. The molecule has 3 aromatic carbocycles. The second kappa shape index (κ2) is 10.1. The average molecular weight is 449 g/mol. The molecule has 0 unspecified atom stereocenters. The molecule has 0 aliphatic heterocycles. The lowest BCUT2D eigenvalue weighted by atomic mass is 9.96. The van der Waals surface area contributed by atoms with Crippen LogP contribution in [0.5, 0.6) is 5.75 Å². The van der Waals surface area contributed by atoms with Gasteiger partial charge in [-0.05, 0) is 54.7 Å². The molecule has 33 heavy (non-hydrogen) atoms. The molecule has 172 valence electrons. The SMILES string of the molecule is C[C@@H](N)c1cccc(-c2cc(CNC3CC3)cc(COc3ccccc3CC(=O)O)c2)c1F. The summed E-state index contributed by atoms with van der Waals surface area (Å²) in [6.07, 6.45) is 2.25. The Morgan fingerprint density at radius 2 is 1.91 bits per heavy atom. The van der Waals surface area contributed by atoms with Gasteiger partial charge in [0.05, 0.1) is 6.42 Å². The van der Waals surface area contributed by atoms with Gasteiger partial charge in [0.15, 0.2) is 0 Å². The van der Waals surface area contributed by atoms with Crippen molar-refractivity contribution in [3.63, 3.8) is 0 Å². The molecule has 1 saturated carbocycles. The summed E-state index contributed by atoms with van der Waals surface area (Å²) in [4.78, 5) is 11.2. The van der Waals surface area contributed by atoms with E-state index >= 15 is 4.39 Å². The maximum atomic E-state index is 15.2. The Kier molecular flexibility index (Phi) is 7.06. The fraction of sp³-hybridized carbons (Fsp3) is 0.296. The number of carboxylic acids is 1. The van der Waals surface area contributed by atoms with Crippen molar-refractivity contribution in [1.29, 1.82) is 0 Å². The first-order chi connectivity index (χ1) is 15.9. The van der Waals surface area contributed by atoms with Crippen molar-refractivity contribution in [3.8, 4) is 16.9 Å². The van der Waals surface area contributed by atoms with Gasteiger partial charge >= 0.3 is 5.97 Å². The zero-order valence-electron chi connectivity index (χ0n) is 18.7. The highest BCUT2D eigenvalue weighted by molar-refractivity contribution is 5.71. The molecule has 1 fully saturated rings. The van der Waals surface area contributed by atoms with E-state index in [1.54, 1.807) is 37.3 Å². The van der Waals surface area contributed by atoms with E-state index in [9.17, 15) is 4.79 Å². The summed E-state index contributed by atoms with van der Waals surface area (Å²) < 4.78 is 21.2. The average Bonchev–Trinajstić information content (AvgIpc) is 3.61. The van der Waals surface area contributed by atoms with E-state index in [0.717, 1.165) is 16.7 Å². The van der Waals surface area contributed by atoms with Crippen LogP contribution >= 0.6 is 0 Å². The third-order valence-corrected chi connectivity index (χ3v) is 5.76. The van der Waals surface area contributed by atoms with Crippen LogP contribution in [0.2, 0.25) is 0 Å². The Morgan fingerprint density at radius 1 is 1.15 bits per heavy atom. The first kappa shape index (κ1) is 23.0. The highest BCUT2D eigenvalue weighted by atomic mass is 19.1. The van der Waals surface area contributed by atoms with Crippen molar-refractivity contribution in [2.45, 2.75) is 51.4 Å². The molecule has 0 bridgehead atoms. The third-order valence-electron chi connectivity index (χ3n) is 5.76. The maximum absolute atomic E-state index is 15.2. The lowest BCUT2D eigenvalue weighted by molar-refractivity contribution is -0.136. The number of para-hydroxylation sites is 1. The van der Waals surface area contributed by atoms with Crippen molar-refractivity contribution in [1.82, 2.24) is 5.32 Å². The van der Waals surface area contributed by atoms with Gasteiger partial charge in [0.2, 0.25) is 0 Å². The van der Waals surface area contributed by atoms with Crippen LogP contribution in [0, 0.1) is 5.82 Å². The van der Waals surface area contributed by atoms with Crippen LogP contribution in [0.3, 0.4) is 0 Å². The minimum Gasteiger partial charge on any atom is -0.489 e. The first-order valence-corrected chi connectivity index (χ1v) is 11.2. The minimum atomic E-state index is -0.911. The van der Waals surface area contributed by atoms with Crippen LogP contribution in [0.15, 0.2) is 60.7 Å². The smallest absolute Gasteiger partial charge is 0.307 e. The first-order valence-electron chi connectivity index (χ1n) is 11.2. The molecular weight excluding hydrogens is 419 g/mol. The lowest BCUT2D eigenvalue weighted by Crippen LogP contribution is -2.15. The number of nitrogens with one attached hydrogen (secondary N) is 1. The summed E-state index contributed by atoms with van der Waals surface area (Å²) in [5, 5.41) is 12.7. The monoisotopic (exact) mass is 448 g/mol. The number of aliphatic carboxylic acids is 1. The van der Waals surface area contributed by atoms with Gasteiger partial charge < -0.3 is 20.9 Å². The zero-order chi connectivity index (χ0) is 23.4. The minimum absolute atomic E-state index is 0.109. The fourth-order valence-electron chi connectivity index (χ4n) is 3.89. The summed E-state index contributed by atoms with van der Waals surface area (Å²) in [7, 11) is 0. The van der Waals surface area contributed by atoms with E-state index in [-0.39, 0.29) is 18.8 Å². The Balaban J connectivity index is 1.63. The van der Waals surface area contributed by atoms with Gasteiger partial charge in [-0.1, -0.05) is 42.5 Å². The van der Waals surface area contributed by atoms with Crippen molar-refractivity contribution in [2.75, 3.05) is 0 Å². The Morgan fingerprint density at radius 3 is 2.64 bits per heavy atom. The summed E-state index contributed by atoms with van der Waals surface area (Å²) in [6.45, 7) is 2.71. The number of hydrogen-bond acceptors (Lipinski definition) is 4. The van der Waals surface area contributed by atoms with Crippen LogP contribution in [0.25, 0.3) is 11.1 Å². The third kappa shape index (κ3) is 5.97. The second-order valence-electron chi connectivity index (χ2n) is 8.66. The molecular formula is C27H29FN2O3. The van der Waals surface area contributed by atoms with E-state index in [2.05, 4.69) is 5.32 Å².